The van der Waals surface area contributed by atoms with Crippen LogP contribution in [0.15, 0.2) is 431 Å². The maximum atomic E-state index is 9.88. The van der Waals surface area contributed by atoms with Crippen LogP contribution in [0, 0.1) is 24.5 Å². The third-order valence-corrected chi connectivity index (χ3v) is 25.9. The molecule has 8 heterocycles. The highest BCUT2D eigenvalue weighted by Crippen LogP contribution is 2.45. The van der Waals surface area contributed by atoms with Crippen molar-refractivity contribution in [2.45, 2.75) is 0 Å². The van der Waals surface area contributed by atoms with Crippen LogP contribution in [0.2, 0.25) is 0 Å². The lowest BCUT2D eigenvalue weighted by Crippen LogP contribution is -1.98. The lowest BCUT2D eigenvalue weighted by molar-refractivity contribution is 1.16. The number of nitriles is 1. The van der Waals surface area contributed by atoms with Crippen LogP contribution in [0.3, 0.4) is 0 Å². The summed E-state index contributed by atoms with van der Waals surface area (Å²) in [5.74, 6) is 1.26. The zero-order chi connectivity index (χ0) is 87.6. The van der Waals surface area contributed by atoms with E-state index >= 15 is 0 Å². The maximum absolute atomic E-state index is 9.88. The van der Waals surface area contributed by atoms with Crippen molar-refractivity contribution in [3.8, 4) is 108 Å². The van der Waals surface area contributed by atoms with Crippen molar-refractivity contribution in [3.63, 3.8) is 0 Å². The van der Waals surface area contributed by atoms with E-state index in [4.69, 9.17) is 33.1 Å². The summed E-state index contributed by atoms with van der Waals surface area (Å²) >= 11 is 0. The second-order valence-electron chi connectivity index (χ2n) is 33.4. The van der Waals surface area contributed by atoms with Crippen LogP contribution in [0.5, 0.6) is 0 Å². The van der Waals surface area contributed by atoms with Crippen LogP contribution in [0.1, 0.15) is 5.56 Å². The zero-order valence-electron chi connectivity index (χ0n) is 70.8. The molecule has 0 bridgehead atoms. The van der Waals surface area contributed by atoms with E-state index in [0.29, 0.717) is 28.6 Å². The molecule has 612 valence electrons. The van der Waals surface area contributed by atoms with Crippen LogP contribution in [-0.4, -0.2) is 47.3 Å². The molecule has 0 amide bonds. The third-order valence-electron chi connectivity index (χ3n) is 25.9. The summed E-state index contributed by atoms with van der Waals surface area (Å²) in [5.41, 5.74) is 30.5. The minimum atomic E-state index is 0.553. The van der Waals surface area contributed by atoms with Gasteiger partial charge in [-0.1, -0.05) is 249 Å². The van der Waals surface area contributed by atoms with Gasteiger partial charge in [-0.05, 0) is 187 Å². The fourth-order valence-electron chi connectivity index (χ4n) is 20.0. The number of benzene rings is 18. The third kappa shape index (κ3) is 12.5. The number of nitrogens with zero attached hydrogens (tertiary/aromatic N) is 13. The lowest BCUT2D eigenvalue weighted by Gasteiger charge is -2.12. The highest BCUT2D eigenvalue weighted by Gasteiger charge is 2.25. The molecule has 13 heteroatoms. The lowest BCUT2D eigenvalue weighted by atomic mass is 10.1. The van der Waals surface area contributed by atoms with E-state index in [1.165, 1.54) is 65.2 Å². The molecule has 0 N–H and O–H groups in total. The van der Waals surface area contributed by atoms with Gasteiger partial charge >= 0.3 is 0 Å². The Hall–Kier alpha value is -18.6. The Kier molecular flexibility index (Phi) is 17.8. The molecular formula is C119H71N13. The molecule has 0 aliphatic heterocycles. The van der Waals surface area contributed by atoms with Gasteiger partial charge in [-0.3, -0.25) is 0 Å². The SMILES string of the molecule is [C-]#[N+]c1ccc2c(c1)c1cc(C#N)ccc1n2-c1ccc2c(c1)c1cc(-n3c4ccccc4c4ccccc43)ccc1n2-c1ccc(-c2cc(-c3ccccc3)nc(-c3ccccc3)n2)cc1.[C-]#[N+]c1cccc(-c2nc(-c3ccccc3)cc(-c3ccc(-n4c5ccc(-n6c7ccccc7c7ccccc76)cc5c5cc(-n6c7ccccc7c7ccccc76)ccc54)cc3)n2)c1. The summed E-state index contributed by atoms with van der Waals surface area (Å²) in [6.45, 7) is 15.4. The maximum Gasteiger partial charge on any atom is 0.188 e. The first-order valence-electron chi connectivity index (χ1n) is 43.9. The van der Waals surface area contributed by atoms with E-state index in [1.807, 2.05) is 115 Å². The van der Waals surface area contributed by atoms with E-state index in [9.17, 15) is 5.26 Å². The molecule has 0 fully saturated rings. The molecule has 0 spiro atoms. The average molecular weight is 1680 g/mol. The molecule has 0 aliphatic rings. The van der Waals surface area contributed by atoms with Gasteiger partial charge in [0.05, 0.1) is 114 Å². The van der Waals surface area contributed by atoms with Gasteiger partial charge in [-0.2, -0.15) is 5.26 Å². The van der Waals surface area contributed by atoms with Gasteiger partial charge in [-0.25, -0.2) is 29.6 Å². The van der Waals surface area contributed by atoms with Crippen LogP contribution < -0.4 is 0 Å². The number of para-hydroxylation sites is 6. The van der Waals surface area contributed by atoms with Crippen molar-refractivity contribution < 1.29 is 0 Å². The fraction of sp³-hybridized carbons (Fsp3) is 0. The van der Waals surface area contributed by atoms with Crippen molar-refractivity contribution in [3.05, 3.63) is 459 Å². The highest BCUT2D eigenvalue weighted by molar-refractivity contribution is 6.17. The topological polar surface area (TPSA) is 114 Å². The molecule has 26 rings (SSSR count). The Morgan fingerprint density at radius 2 is 0.439 bits per heavy atom. The molecule has 0 atom stereocenters. The fourth-order valence-corrected chi connectivity index (χ4v) is 20.0. The van der Waals surface area contributed by atoms with Gasteiger partial charge in [0.15, 0.2) is 23.0 Å². The quantitative estimate of drug-likeness (QED) is 0.113. The molecule has 0 saturated heterocycles. The number of rotatable bonds is 12. The zero-order valence-corrected chi connectivity index (χ0v) is 70.8. The number of hydrogen-bond acceptors (Lipinski definition) is 5. The number of aromatic nitrogens is 10. The average Bonchev–Trinajstić information content (AvgIpc) is 1.56. The molecule has 0 unspecified atom stereocenters. The summed E-state index contributed by atoms with van der Waals surface area (Å²) in [5, 5.41) is 23.7. The van der Waals surface area contributed by atoms with E-state index < -0.39 is 0 Å². The molecule has 0 saturated carbocycles. The summed E-state index contributed by atoms with van der Waals surface area (Å²) in [7, 11) is 0. The van der Waals surface area contributed by atoms with E-state index in [1.54, 1.807) is 0 Å². The van der Waals surface area contributed by atoms with Gasteiger partial charge in [0.2, 0.25) is 0 Å². The van der Waals surface area contributed by atoms with Crippen LogP contribution >= 0.6 is 0 Å². The minimum Gasteiger partial charge on any atom is -0.309 e. The van der Waals surface area contributed by atoms with Crippen molar-refractivity contribution >= 4 is 142 Å². The predicted octanol–water partition coefficient (Wildman–Crippen LogP) is 30.5. The standard InChI is InChI=1S/C60H35N7.C59H36N6/c1-62-42-23-29-57-49(33-42)48-32-38(37-61)20-28-56(48)67(57)45-27-31-59-51(35-45)50-34-44(66-54-18-10-8-16-46(54)47-17-9-11-19-55(47)66)26-30-58(50)65(59)43-24-21-40(22-25-43)53-36-52(39-12-4-2-5-13-39)63-60(64-53)41-14-6-3-7-15-41;1-60-41-17-13-16-40(34-41)59-61-51(38-14-3-2-4-15-38)37-52(62-59)39-26-28-42(29-27-39)63-57-32-30-43(64-53-22-9-5-18-45(53)46-19-6-10-23-54(46)64)35-49(57)50-36-44(31-33-58(50)63)65-55-24-11-7-20-47(55)48-21-8-12-25-56(48)65/h2-36H;2-37H. The molecule has 8 aromatic heterocycles. The molecule has 0 aliphatic carbocycles. The molecule has 26 aromatic rings. The van der Waals surface area contributed by atoms with Gasteiger partial charge in [0, 0.05) is 127 Å². The Morgan fingerprint density at radius 3 is 0.780 bits per heavy atom. The summed E-state index contributed by atoms with van der Waals surface area (Å²) in [6.07, 6.45) is 0. The van der Waals surface area contributed by atoms with Crippen molar-refractivity contribution in [2.24, 2.45) is 0 Å². The molecule has 18 aromatic carbocycles. The molecule has 13 nitrogen and oxygen atoms in total. The Balaban J connectivity index is 0.000000142. The van der Waals surface area contributed by atoms with Gasteiger partial charge < -0.3 is 27.4 Å². The van der Waals surface area contributed by atoms with Crippen LogP contribution in [-0.2, 0) is 0 Å². The summed E-state index contributed by atoms with van der Waals surface area (Å²) in [6, 6.07) is 153. The first-order chi connectivity index (χ1) is 65.3. The number of fused-ring (bicyclic) bond motifs is 18. The highest BCUT2D eigenvalue weighted by atomic mass is 15.0. The van der Waals surface area contributed by atoms with Crippen molar-refractivity contribution in [2.75, 3.05) is 0 Å². The van der Waals surface area contributed by atoms with Gasteiger partial charge in [0.25, 0.3) is 0 Å². The minimum absolute atomic E-state index is 0.553. The second kappa shape index (κ2) is 30.9. The van der Waals surface area contributed by atoms with Crippen molar-refractivity contribution in [1.29, 1.82) is 5.26 Å². The van der Waals surface area contributed by atoms with Gasteiger partial charge in [0.1, 0.15) is 0 Å². The van der Waals surface area contributed by atoms with Crippen LogP contribution in [0.25, 0.3) is 242 Å². The van der Waals surface area contributed by atoms with Gasteiger partial charge in [-0.15, -0.1) is 0 Å². The first kappa shape index (κ1) is 75.9. The molecule has 132 heavy (non-hydrogen) atoms. The molecular weight excluding hydrogens is 1610 g/mol. The summed E-state index contributed by atoms with van der Waals surface area (Å²) < 4.78 is 14.2. The normalized spacial score (nSPS) is 11.6. The predicted molar refractivity (Wildman–Crippen MR) is 540 cm³/mol. The second-order valence-corrected chi connectivity index (χ2v) is 33.4. The molecule has 0 radical (unpaired) electrons. The Labute approximate surface area is 756 Å². The largest absolute Gasteiger partial charge is 0.309 e. The monoisotopic (exact) mass is 1680 g/mol. The Bertz CT molecular complexity index is 8910. The smallest absolute Gasteiger partial charge is 0.188 e. The van der Waals surface area contributed by atoms with Crippen molar-refractivity contribution in [1.82, 2.24) is 47.3 Å². The summed E-state index contributed by atoms with van der Waals surface area (Å²) in [4.78, 5) is 27.6. The van der Waals surface area contributed by atoms with Crippen LogP contribution in [0.4, 0.5) is 11.4 Å². The van der Waals surface area contributed by atoms with E-state index in [0.717, 1.165) is 156 Å². The number of hydrogen-bond donors (Lipinski definition) is 0. The van der Waals surface area contributed by atoms with E-state index in [2.05, 4.69) is 359 Å². The van der Waals surface area contributed by atoms with E-state index in [-0.39, 0.29) is 0 Å². The first-order valence-corrected chi connectivity index (χ1v) is 43.9. The Morgan fingerprint density at radius 1 is 0.189 bits per heavy atom.